The molecule has 1 aliphatic heterocycles. The van der Waals surface area contributed by atoms with Gasteiger partial charge in [0.15, 0.2) is 5.96 Å². The number of anilines is 1. The normalized spacial score (nSPS) is 15.9. The summed E-state index contributed by atoms with van der Waals surface area (Å²) in [6.07, 6.45) is 2.96. The Hall–Kier alpha value is -4.47. The Bertz CT molecular complexity index is 1220. The number of carbonyl (C=O) groups excluding carboxylic acids is 4. The molecular weight excluding hydrogens is 496 g/mol. The molecule has 0 spiro atoms. The van der Waals surface area contributed by atoms with E-state index >= 15 is 0 Å². The van der Waals surface area contributed by atoms with Crippen LogP contribution in [0, 0.1) is 5.92 Å². The van der Waals surface area contributed by atoms with Crippen LogP contribution in [0.5, 0.6) is 0 Å². The third kappa shape index (κ3) is 8.00. The van der Waals surface area contributed by atoms with Crippen molar-refractivity contribution in [2.75, 3.05) is 31.6 Å². The summed E-state index contributed by atoms with van der Waals surface area (Å²) in [5.41, 5.74) is 12.8. The second kappa shape index (κ2) is 13.9. The number of hydrogen-bond donors (Lipinski definition) is 3. The number of nitrogens with one attached hydrogen (secondary N) is 1. The molecule has 39 heavy (non-hydrogen) atoms. The van der Waals surface area contributed by atoms with Crippen LogP contribution in [-0.2, 0) is 14.4 Å². The average Bonchev–Trinajstić information content (AvgIpc) is 3.10. The fourth-order valence-corrected chi connectivity index (χ4v) is 4.46. The Morgan fingerprint density at radius 2 is 1.72 bits per heavy atom. The molecule has 206 valence electrons. The summed E-state index contributed by atoms with van der Waals surface area (Å²) in [5, 5.41) is 2.92. The predicted octanol–water partition coefficient (Wildman–Crippen LogP) is 1.87. The lowest BCUT2D eigenvalue weighted by atomic mass is 10.0. The number of para-hydroxylation sites is 1. The Labute approximate surface area is 228 Å². The second-order valence-electron chi connectivity index (χ2n) is 9.45. The summed E-state index contributed by atoms with van der Waals surface area (Å²) < 4.78 is 0. The van der Waals surface area contributed by atoms with Gasteiger partial charge in [-0.15, -0.1) is 0 Å². The van der Waals surface area contributed by atoms with E-state index in [2.05, 4.69) is 10.3 Å². The van der Waals surface area contributed by atoms with Gasteiger partial charge < -0.3 is 26.6 Å². The van der Waals surface area contributed by atoms with E-state index in [-0.39, 0.29) is 36.0 Å². The third-order valence-electron chi connectivity index (χ3n) is 6.63. The predicted molar refractivity (Wildman–Crippen MR) is 151 cm³/mol. The number of amides is 3. The molecule has 10 nitrogen and oxygen atoms in total. The van der Waals surface area contributed by atoms with Gasteiger partial charge in [0.2, 0.25) is 11.8 Å². The standard InChI is InChI=1S/C29H36N6O4/c1-20(36)24-18-21(15-17-35(28(24)39)23-12-7-4-8-13-23)19-33-26(37)25(14-9-16-32-29(30)31)34(2)27(38)22-10-5-3-6-11-22/h3-8,10-13,18,24-25H,9,14-17,19H2,1-2H3,(H,33,37)(H4,30,31,32)/t24?,25-/m0/s1. The van der Waals surface area contributed by atoms with E-state index in [0.717, 1.165) is 5.57 Å². The molecular formula is C29H36N6O4. The monoisotopic (exact) mass is 532 g/mol. The molecule has 2 aromatic rings. The largest absolute Gasteiger partial charge is 0.370 e. The van der Waals surface area contributed by atoms with Crippen molar-refractivity contribution in [2.24, 2.45) is 22.4 Å². The lowest BCUT2D eigenvalue weighted by Crippen LogP contribution is -2.48. The Morgan fingerprint density at radius 3 is 2.33 bits per heavy atom. The van der Waals surface area contributed by atoms with Gasteiger partial charge in [-0.05, 0) is 50.5 Å². The number of Topliss-reactive ketones (excluding diaryl/α,β-unsaturated/α-hetero) is 1. The zero-order valence-electron chi connectivity index (χ0n) is 22.4. The molecule has 0 bridgehead atoms. The van der Waals surface area contributed by atoms with Crippen LogP contribution in [0.25, 0.3) is 0 Å². The van der Waals surface area contributed by atoms with Gasteiger partial charge in [0.25, 0.3) is 5.91 Å². The van der Waals surface area contributed by atoms with Crippen molar-refractivity contribution in [1.82, 2.24) is 10.2 Å². The van der Waals surface area contributed by atoms with Gasteiger partial charge >= 0.3 is 0 Å². The number of hydrogen-bond acceptors (Lipinski definition) is 5. The molecule has 0 aromatic heterocycles. The summed E-state index contributed by atoms with van der Waals surface area (Å²) in [4.78, 5) is 59.0. The smallest absolute Gasteiger partial charge is 0.254 e. The molecule has 10 heteroatoms. The average molecular weight is 533 g/mol. The maximum absolute atomic E-state index is 13.4. The van der Waals surface area contributed by atoms with Gasteiger partial charge in [0, 0.05) is 37.9 Å². The summed E-state index contributed by atoms with van der Waals surface area (Å²) in [5.74, 6) is -2.16. The van der Waals surface area contributed by atoms with Crippen molar-refractivity contribution < 1.29 is 19.2 Å². The molecule has 2 aromatic carbocycles. The molecule has 3 amide bonds. The quantitative estimate of drug-likeness (QED) is 0.132. The Kier molecular flexibility index (Phi) is 10.4. The molecule has 0 saturated heterocycles. The fourth-order valence-electron chi connectivity index (χ4n) is 4.46. The summed E-state index contributed by atoms with van der Waals surface area (Å²) in [7, 11) is 1.59. The van der Waals surface area contributed by atoms with Crippen molar-refractivity contribution in [3.05, 3.63) is 77.9 Å². The molecule has 1 unspecified atom stereocenters. The Balaban J connectivity index is 1.74. The van der Waals surface area contributed by atoms with Gasteiger partial charge in [0.05, 0.1) is 0 Å². The van der Waals surface area contributed by atoms with Crippen LogP contribution in [0.1, 0.15) is 36.5 Å². The van der Waals surface area contributed by atoms with E-state index in [0.29, 0.717) is 43.6 Å². The number of nitrogens with two attached hydrogens (primary N) is 2. The highest BCUT2D eigenvalue weighted by molar-refractivity contribution is 6.09. The molecule has 5 N–H and O–H groups in total. The van der Waals surface area contributed by atoms with Crippen LogP contribution in [0.3, 0.4) is 0 Å². The van der Waals surface area contributed by atoms with Crippen molar-refractivity contribution >= 4 is 35.2 Å². The number of rotatable bonds is 11. The van der Waals surface area contributed by atoms with Crippen LogP contribution in [0.15, 0.2) is 77.3 Å². The van der Waals surface area contributed by atoms with Gasteiger partial charge in [-0.1, -0.05) is 48.0 Å². The summed E-state index contributed by atoms with van der Waals surface area (Å²) >= 11 is 0. The number of carbonyl (C=O) groups is 4. The van der Waals surface area contributed by atoms with E-state index in [1.54, 1.807) is 42.3 Å². The fraction of sp³-hybridized carbons (Fsp3) is 0.345. The van der Waals surface area contributed by atoms with Crippen molar-refractivity contribution in [3.8, 4) is 0 Å². The molecule has 0 radical (unpaired) electrons. The molecule has 0 fully saturated rings. The lowest BCUT2D eigenvalue weighted by molar-refractivity contribution is -0.129. The first-order chi connectivity index (χ1) is 18.7. The number of nitrogens with zero attached hydrogens (tertiary/aromatic N) is 3. The first kappa shape index (κ1) is 29.1. The molecule has 1 aliphatic rings. The first-order valence-corrected chi connectivity index (χ1v) is 12.9. The van der Waals surface area contributed by atoms with Crippen LogP contribution < -0.4 is 21.7 Å². The number of guanidine groups is 1. The Morgan fingerprint density at radius 1 is 1.08 bits per heavy atom. The van der Waals surface area contributed by atoms with Gasteiger partial charge in [-0.25, -0.2) is 0 Å². The highest BCUT2D eigenvalue weighted by Gasteiger charge is 2.31. The first-order valence-electron chi connectivity index (χ1n) is 12.9. The highest BCUT2D eigenvalue weighted by Crippen LogP contribution is 2.24. The summed E-state index contributed by atoms with van der Waals surface area (Å²) in [6, 6.07) is 17.2. The molecule has 0 aliphatic carbocycles. The second-order valence-corrected chi connectivity index (χ2v) is 9.45. The molecule has 2 atom stereocenters. The van der Waals surface area contributed by atoms with E-state index in [1.165, 1.54) is 11.8 Å². The molecule has 3 rings (SSSR count). The van der Waals surface area contributed by atoms with E-state index < -0.39 is 12.0 Å². The highest BCUT2D eigenvalue weighted by atomic mass is 16.2. The zero-order valence-corrected chi connectivity index (χ0v) is 22.4. The van der Waals surface area contributed by atoms with Gasteiger partial charge in [-0.2, -0.15) is 0 Å². The third-order valence-corrected chi connectivity index (χ3v) is 6.63. The number of likely N-dealkylation sites (N-methyl/N-ethyl adjacent to an activating group) is 1. The number of ketones is 1. The van der Waals surface area contributed by atoms with Crippen molar-refractivity contribution in [1.29, 1.82) is 0 Å². The van der Waals surface area contributed by atoms with Crippen LogP contribution in [0.2, 0.25) is 0 Å². The van der Waals surface area contributed by atoms with Crippen LogP contribution >= 0.6 is 0 Å². The molecule has 1 heterocycles. The minimum absolute atomic E-state index is 0.0378. The number of benzene rings is 2. The van der Waals surface area contributed by atoms with E-state index in [4.69, 9.17) is 11.5 Å². The minimum Gasteiger partial charge on any atom is -0.370 e. The van der Waals surface area contributed by atoms with Crippen molar-refractivity contribution in [2.45, 2.75) is 32.2 Å². The van der Waals surface area contributed by atoms with E-state index in [1.807, 2.05) is 36.4 Å². The lowest BCUT2D eigenvalue weighted by Gasteiger charge is -2.27. The maximum atomic E-state index is 13.4. The van der Waals surface area contributed by atoms with E-state index in [9.17, 15) is 19.2 Å². The molecule has 0 saturated carbocycles. The topological polar surface area (TPSA) is 151 Å². The van der Waals surface area contributed by atoms with Gasteiger partial charge in [-0.3, -0.25) is 24.2 Å². The van der Waals surface area contributed by atoms with Crippen molar-refractivity contribution in [3.63, 3.8) is 0 Å². The number of aliphatic imine (C=N–C) groups is 1. The SMILES string of the molecule is CC(=O)C1C=C(CNC(=O)[C@H](CCCN=C(N)N)N(C)C(=O)c2ccccc2)CCN(c2ccccc2)C1=O. The van der Waals surface area contributed by atoms with Gasteiger partial charge in [0.1, 0.15) is 17.7 Å². The minimum atomic E-state index is -0.933. The summed E-state index contributed by atoms with van der Waals surface area (Å²) in [6.45, 7) is 2.24. The van der Waals surface area contributed by atoms with Crippen LogP contribution in [-0.4, -0.2) is 67.1 Å². The zero-order chi connectivity index (χ0) is 28.4. The van der Waals surface area contributed by atoms with Crippen LogP contribution in [0.4, 0.5) is 5.69 Å². The maximum Gasteiger partial charge on any atom is 0.254 e.